The Labute approximate surface area is 197 Å². The van der Waals surface area contributed by atoms with Gasteiger partial charge in [-0.3, -0.25) is 18.9 Å². The molecule has 6 aromatic rings. The molecular weight excluding hydrogens is 420 g/mol. The van der Waals surface area contributed by atoms with Gasteiger partial charge in [-0.2, -0.15) is 0 Å². The van der Waals surface area contributed by atoms with Gasteiger partial charge in [-0.1, -0.05) is 52.0 Å². The van der Waals surface area contributed by atoms with Gasteiger partial charge in [-0.15, -0.1) is 10.2 Å². The van der Waals surface area contributed by atoms with Crippen LogP contribution in [0.2, 0.25) is 0 Å². The molecule has 0 radical (unpaired) electrons. The van der Waals surface area contributed by atoms with Crippen molar-refractivity contribution < 1.29 is 0 Å². The van der Waals surface area contributed by atoms with Crippen LogP contribution in [0.15, 0.2) is 73.2 Å². The number of fused-ring (bicyclic) bond motifs is 5. The van der Waals surface area contributed by atoms with Crippen LogP contribution in [0.5, 0.6) is 0 Å². The van der Waals surface area contributed by atoms with Gasteiger partial charge >= 0.3 is 0 Å². The molecule has 34 heavy (non-hydrogen) atoms. The summed E-state index contributed by atoms with van der Waals surface area (Å²) in [6.07, 6.45) is 6.42. The number of aryl methyl sites for hydroxylation is 1. The second-order valence-corrected chi connectivity index (χ2v) is 9.70. The minimum atomic E-state index is 0.0894. The molecule has 6 rings (SSSR count). The Morgan fingerprint density at radius 3 is 2.41 bits per heavy atom. The largest absolute Gasteiger partial charge is 0.276 e. The number of hydrogen-bond acceptors (Lipinski definition) is 4. The van der Waals surface area contributed by atoms with E-state index in [1.165, 1.54) is 5.56 Å². The first-order valence-electron chi connectivity index (χ1n) is 11.6. The Morgan fingerprint density at radius 1 is 0.882 bits per heavy atom. The van der Waals surface area contributed by atoms with Crippen LogP contribution in [0, 0.1) is 0 Å². The Hall–Kier alpha value is -4.06. The molecule has 0 aliphatic rings. The lowest BCUT2D eigenvalue weighted by atomic mass is 9.87. The zero-order valence-electron chi connectivity index (χ0n) is 19.8. The Bertz CT molecular complexity index is 1650. The molecule has 0 saturated heterocycles. The Kier molecular flexibility index (Phi) is 4.52. The Balaban J connectivity index is 1.70. The molecule has 0 amide bonds. The fourth-order valence-corrected chi connectivity index (χ4v) is 4.66. The zero-order valence-corrected chi connectivity index (χ0v) is 19.8. The van der Waals surface area contributed by atoms with Crippen LogP contribution in [0.25, 0.3) is 44.5 Å². The van der Waals surface area contributed by atoms with Gasteiger partial charge in [0.2, 0.25) is 5.78 Å². The van der Waals surface area contributed by atoms with Crippen LogP contribution in [0.4, 0.5) is 0 Å². The van der Waals surface area contributed by atoms with Gasteiger partial charge in [0.05, 0.1) is 22.7 Å². The van der Waals surface area contributed by atoms with Crippen LogP contribution >= 0.6 is 0 Å². The van der Waals surface area contributed by atoms with Crippen LogP contribution < -0.4 is 0 Å². The fourth-order valence-electron chi connectivity index (χ4n) is 4.66. The molecular formula is C28H26N6. The average Bonchev–Trinajstić information content (AvgIpc) is 3.42. The molecule has 4 aromatic heterocycles. The Morgan fingerprint density at radius 2 is 1.71 bits per heavy atom. The lowest BCUT2D eigenvalue weighted by Crippen LogP contribution is -2.10. The molecule has 0 atom stereocenters. The summed E-state index contributed by atoms with van der Waals surface area (Å²) < 4.78 is 4.35. The van der Waals surface area contributed by atoms with E-state index in [2.05, 4.69) is 100 Å². The molecule has 0 aliphatic carbocycles. The average molecular weight is 447 g/mol. The molecule has 0 saturated carbocycles. The SMILES string of the molecule is CCc1nnc2n(-c3ccc(C(C)(C)C)cc3)c3c4cc(-c5cccnc5)ccc4ncc3n12. The first-order valence-corrected chi connectivity index (χ1v) is 11.6. The summed E-state index contributed by atoms with van der Waals surface area (Å²) in [6.45, 7) is 8.80. The number of pyridine rings is 2. The van der Waals surface area contributed by atoms with Gasteiger partial charge < -0.3 is 0 Å². The van der Waals surface area contributed by atoms with E-state index in [-0.39, 0.29) is 5.41 Å². The molecule has 0 spiro atoms. The van der Waals surface area contributed by atoms with E-state index in [1.807, 2.05) is 18.5 Å². The van der Waals surface area contributed by atoms with Crippen molar-refractivity contribution in [3.8, 4) is 16.8 Å². The topological polar surface area (TPSA) is 60.9 Å². The summed E-state index contributed by atoms with van der Waals surface area (Å²) in [5.74, 6) is 1.73. The highest BCUT2D eigenvalue weighted by Gasteiger charge is 2.21. The van der Waals surface area contributed by atoms with Gasteiger partial charge in [0.25, 0.3) is 0 Å². The molecule has 6 nitrogen and oxygen atoms in total. The minimum absolute atomic E-state index is 0.0894. The predicted octanol–water partition coefficient (Wildman–Crippen LogP) is 6.14. The summed E-state index contributed by atoms with van der Waals surface area (Å²) in [6, 6.07) is 19.2. The van der Waals surface area contributed by atoms with Crippen molar-refractivity contribution >= 4 is 27.7 Å². The van der Waals surface area contributed by atoms with Crippen LogP contribution in [0.3, 0.4) is 0 Å². The molecule has 0 aliphatic heterocycles. The highest BCUT2D eigenvalue weighted by molar-refractivity contribution is 6.06. The van der Waals surface area contributed by atoms with Crippen LogP contribution in [0.1, 0.15) is 39.1 Å². The van der Waals surface area contributed by atoms with E-state index in [4.69, 9.17) is 4.98 Å². The molecule has 0 bridgehead atoms. The predicted molar refractivity (Wildman–Crippen MR) is 136 cm³/mol. The smallest absolute Gasteiger partial charge is 0.241 e. The number of rotatable bonds is 3. The molecule has 4 heterocycles. The van der Waals surface area contributed by atoms with E-state index in [0.29, 0.717) is 0 Å². The molecule has 0 N–H and O–H groups in total. The standard InChI is InChI=1S/C28H26N6/c1-5-25-31-32-27-33(21-11-9-20(10-12-21)28(2,3)4)26-22-15-18(19-7-6-14-29-16-19)8-13-23(22)30-17-24(26)34(25)27/h6-17H,5H2,1-4H3. The number of benzene rings is 2. The quantitative estimate of drug-likeness (QED) is 0.327. The van der Waals surface area contributed by atoms with E-state index in [0.717, 1.165) is 56.8 Å². The summed E-state index contributed by atoms with van der Waals surface area (Å²) >= 11 is 0. The minimum Gasteiger partial charge on any atom is -0.276 e. The summed E-state index contributed by atoms with van der Waals surface area (Å²) in [5, 5.41) is 10.1. The van der Waals surface area contributed by atoms with Crippen LogP contribution in [-0.2, 0) is 11.8 Å². The maximum absolute atomic E-state index is 4.80. The van der Waals surface area contributed by atoms with Crippen molar-refractivity contribution in [1.82, 2.24) is 29.1 Å². The van der Waals surface area contributed by atoms with Crippen molar-refractivity contribution in [3.63, 3.8) is 0 Å². The highest BCUT2D eigenvalue weighted by atomic mass is 15.3. The van der Waals surface area contributed by atoms with Crippen molar-refractivity contribution in [2.45, 2.75) is 39.5 Å². The van der Waals surface area contributed by atoms with Crippen molar-refractivity contribution in [3.05, 3.63) is 84.6 Å². The monoisotopic (exact) mass is 446 g/mol. The number of aromatic nitrogens is 6. The van der Waals surface area contributed by atoms with Gasteiger partial charge in [0.15, 0.2) is 0 Å². The molecule has 0 unspecified atom stereocenters. The molecule has 2 aromatic carbocycles. The third kappa shape index (κ3) is 3.10. The first-order chi connectivity index (χ1) is 16.5. The van der Waals surface area contributed by atoms with Crippen molar-refractivity contribution in [1.29, 1.82) is 0 Å². The van der Waals surface area contributed by atoms with Crippen molar-refractivity contribution in [2.75, 3.05) is 0 Å². The lowest BCUT2D eigenvalue weighted by Gasteiger charge is -2.19. The molecule has 0 fully saturated rings. The van der Waals surface area contributed by atoms with Gasteiger partial charge in [0.1, 0.15) is 5.82 Å². The number of imidazole rings is 1. The third-order valence-corrected chi connectivity index (χ3v) is 6.50. The fraction of sp³-hybridized carbons (Fsp3) is 0.214. The maximum Gasteiger partial charge on any atom is 0.241 e. The molecule has 168 valence electrons. The van der Waals surface area contributed by atoms with E-state index >= 15 is 0 Å². The third-order valence-electron chi connectivity index (χ3n) is 6.50. The normalized spacial score (nSPS) is 12.2. The summed E-state index contributed by atoms with van der Waals surface area (Å²) in [4.78, 5) is 9.10. The van der Waals surface area contributed by atoms with Crippen LogP contribution in [-0.4, -0.2) is 29.1 Å². The summed E-state index contributed by atoms with van der Waals surface area (Å²) in [5.41, 5.74) is 7.66. The maximum atomic E-state index is 4.80. The van der Waals surface area contributed by atoms with Gasteiger partial charge in [0, 0.05) is 35.5 Å². The second kappa shape index (κ2) is 7.48. The van der Waals surface area contributed by atoms with Gasteiger partial charge in [-0.25, -0.2) is 0 Å². The first kappa shape index (κ1) is 20.5. The lowest BCUT2D eigenvalue weighted by molar-refractivity contribution is 0.590. The van der Waals surface area contributed by atoms with E-state index in [9.17, 15) is 0 Å². The number of nitrogens with zero attached hydrogens (tertiary/aromatic N) is 6. The zero-order chi connectivity index (χ0) is 23.4. The van der Waals surface area contributed by atoms with Crippen molar-refractivity contribution in [2.24, 2.45) is 0 Å². The summed E-state index contributed by atoms with van der Waals surface area (Å²) in [7, 11) is 0. The molecule has 6 heteroatoms. The highest BCUT2D eigenvalue weighted by Crippen LogP contribution is 2.34. The van der Waals surface area contributed by atoms with E-state index < -0.39 is 0 Å². The van der Waals surface area contributed by atoms with Gasteiger partial charge in [-0.05, 0) is 46.9 Å². The second-order valence-electron chi connectivity index (χ2n) is 9.70. The number of hydrogen-bond donors (Lipinski definition) is 0. The van der Waals surface area contributed by atoms with E-state index in [1.54, 1.807) is 6.20 Å².